The largest absolute Gasteiger partial charge is 0.573 e. The molecule has 0 saturated carbocycles. The van der Waals surface area contributed by atoms with Crippen LogP contribution in [0.3, 0.4) is 0 Å². The molecule has 0 aromatic heterocycles. The van der Waals surface area contributed by atoms with E-state index in [9.17, 15) is 13.2 Å². The first kappa shape index (κ1) is 17.1. The van der Waals surface area contributed by atoms with E-state index in [1.54, 1.807) is 0 Å². The molecule has 0 aliphatic rings. The molecule has 0 saturated heterocycles. The van der Waals surface area contributed by atoms with Crippen LogP contribution in [0.2, 0.25) is 0 Å². The highest BCUT2D eigenvalue weighted by molar-refractivity contribution is 9.09. The molecule has 6 heteroatoms. The third-order valence-electron chi connectivity index (χ3n) is 3.39. The maximum absolute atomic E-state index is 12.0. The zero-order chi connectivity index (χ0) is 15.2. The molecule has 0 radical (unpaired) electrons. The zero-order valence-electron chi connectivity index (χ0n) is 11.5. The highest BCUT2D eigenvalue weighted by atomic mass is 79.9. The van der Waals surface area contributed by atoms with Crippen LogP contribution < -0.4 is 9.47 Å². The molecule has 0 aliphatic carbocycles. The summed E-state index contributed by atoms with van der Waals surface area (Å²) in [6.45, 7) is 4.70. The lowest BCUT2D eigenvalue weighted by atomic mass is 9.86. The van der Waals surface area contributed by atoms with Crippen molar-refractivity contribution in [3.05, 3.63) is 24.3 Å². The molecule has 0 unspecified atom stereocenters. The Balaban J connectivity index is 2.62. The fourth-order valence-electron chi connectivity index (χ4n) is 1.66. The molecule has 1 rings (SSSR count). The summed E-state index contributed by atoms with van der Waals surface area (Å²) in [4.78, 5) is 0. The van der Waals surface area contributed by atoms with Crippen molar-refractivity contribution in [2.45, 2.75) is 33.1 Å². The lowest BCUT2D eigenvalue weighted by Gasteiger charge is -2.29. The fraction of sp³-hybridized carbons (Fsp3) is 0.571. The van der Waals surface area contributed by atoms with Crippen molar-refractivity contribution in [1.29, 1.82) is 0 Å². The number of hydrogen-bond donors (Lipinski definition) is 0. The Morgan fingerprint density at radius 3 is 1.90 bits per heavy atom. The van der Waals surface area contributed by atoms with Crippen LogP contribution in [0.15, 0.2) is 24.3 Å². The number of hydrogen-bond acceptors (Lipinski definition) is 2. The van der Waals surface area contributed by atoms with Crippen LogP contribution >= 0.6 is 15.9 Å². The highest BCUT2D eigenvalue weighted by Gasteiger charge is 2.31. The first-order valence-corrected chi connectivity index (χ1v) is 7.51. The molecule has 1 aromatic rings. The Kier molecular flexibility index (Phi) is 6.17. The topological polar surface area (TPSA) is 18.5 Å². The molecule has 114 valence electrons. The van der Waals surface area contributed by atoms with E-state index < -0.39 is 6.36 Å². The first-order valence-electron chi connectivity index (χ1n) is 6.39. The van der Waals surface area contributed by atoms with Crippen LogP contribution in [-0.4, -0.2) is 18.3 Å². The molecule has 0 bridgehead atoms. The Morgan fingerprint density at radius 1 is 1.00 bits per heavy atom. The Morgan fingerprint density at radius 2 is 1.50 bits per heavy atom. The van der Waals surface area contributed by atoms with Gasteiger partial charge in [0.15, 0.2) is 0 Å². The Bertz CT molecular complexity index is 392. The number of alkyl halides is 4. The summed E-state index contributed by atoms with van der Waals surface area (Å²) in [6, 6.07) is 5.45. The number of halogens is 4. The quantitative estimate of drug-likeness (QED) is 0.629. The summed E-state index contributed by atoms with van der Waals surface area (Å²) in [5.41, 5.74) is 0.0428. The maximum atomic E-state index is 12.0. The lowest BCUT2D eigenvalue weighted by Crippen LogP contribution is -2.29. The van der Waals surface area contributed by atoms with Gasteiger partial charge in [-0.15, -0.1) is 13.2 Å². The third-order valence-corrected chi connectivity index (χ3v) is 4.58. The van der Waals surface area contributed by atoms with Crippen LogP contribution in [0.25, 0.3) is 0 Å². The van der Waals surface area contributed by atoms with Crippen molar-refractivity contribution in [3.63, 3.8) is 0 Å². The standard InChI is InChI=1S/C14H18BrF3O2/c1-3-13(4-2,9-15)10-19-11-5-7-12(8-6-11)20-14(16,17)18/h5-8H,3-4,9-10H2,1-2H3. The van der Waals surface area contributed by atoms with Gasteiger partial charge in [-0.05, 0) is 37.1 Å². The molecule has 0 aliphatic heterocycles. The minimum Gasteiger partial charge on any atom is -0.493 e. The predicted molar refractivity (Wildman–Crippen MR) is 75.4 cm³/mol. The number of ether oxygens (including phenoxy) is 2. The molecular weight excluding hydrogens is 337 g/mol. The van der Waals surface area contributed by atoms with E-state index in [1.807, 2.05) is 0 Å². The molecule has 20 heavy (non-hydrogen) atoms. The molecule has 0 N–H and O–H groups in total. The van der Waals surface area contributed by atoms with Crippen molar-refractivity contribution in [2.24, 2.45) is 5.41 Å². The van der Waals surface area contributed by atoms with Gasteiger partial charge >= 0.3 is 6.36 Å². The van der Waals surface area contributed by atoms with Gasteiger partial charge in [0.05, 0.1) is 6.61 Å². The van der Waals surface area contributed by atoms with Crippen LogP contribution in [0.5, 0.6) is 11.5 Å². The number of rotatable bonds is 7. The van der Waals surface area contributed by atoms with Crippen molar-refractivity contribution in [1.82, 2.24) is 0 Å². The molecule has 2 nitrogen and oxygen atoms in total. The smallest absolute Gasteiger partial charge is 0.493 e. The monoisotopic (exact) mass is 354 g/mol. The van der Waals surface area contributed by atoms with Gasteiger partial charge in [0.1, 0.15) is 11.5 Å². The zero-order valence-corrected chi connectivity index (χ0v) is 13.1. The number of benzene rings is 1. The summed E-state index contributed by atoms with van der Waals surface area (Å²) in [5, 5.41) is 0.822. The van der Waals surface area contributed by atoms with Crippen molar-refractivity contribution < 1.29 is 22.6 Å². The summed E-state index contributed by atoms with van der Waals surface area (Å²) >= 11 is 3.49. The molecule has 0 atom stereocenters. The molecule has 0 heterocycles. The average molecular weight is 355 g/mol. The summed E-state index contributed by atoms with van der Waals surface area (Å²) < 4.78 is 45.5. The van der Waals surface area contributed by atoms with Gasteiger partial charge in [-0.2, -0.15) is 0 Å². The van der Waals surface area contributed by atoms with Crippen LogP contribution in [0.4, 0.5) is 13.2 Å². The Labute approximate surface area is 125 Å². The Hall–Kier alpha value is -0.910. The molecule has 0 fully saturated rings. The van der Waals surface area contributed by atoms with Crippen molar-refractivity contribution in [3.8, 4) is 11.5 Å². The van der Waals surface area contributed by atoms with Gasteiger partial charge in [-0.1, -0.05) is 29.8 Å². The second-order valence-electron chi connectivity index (χ2n) is 4.65. The third kappa shape index (κ3) is 5.23. The van der Waals surface area contributed by atoms with E-state index in [0.29, 0.717) is 12.4 Å². The fourth-order valence-corrected chi connectivity index (χ4v) is 2.61. The lowest BCUT2D eigenvalue weighted by molar-refractivity contribution is -0.274. The molecule has 1 aromatic carbocycles. The van der Waals surface area contributed by atoms with E-state index in [1.165, 1.54) is 24.3 Å². The molecule has 0 spiro atoms. The summed E-state index contributed by atoms with van der Waals surface area (Å²) in [6.07, 6.45) is -2.74. The minimum absolute atomic E-state index is 0.0428. The second kappa shape index (κ2) is 7.20. The van der Waals surface area contributed by atoms with Gasteiger partial charge in [-0.3, -0.25) is 0 Å². The summed E-state index contributed by atoms with van der Waals surface area (Å²) in [7, 11) is 0. The van der Waals surface area contributed by atoms with Crippen LogP contribution in [0.1, 0.15) is 26.7 Å². The van der Waals surface area contributed by atoms with Crippen molar-refractivity contribution >= 4 is 15.9 Å². The van der Waals surface area contributed by atoms with E-state index in [0.717, 1.165) is 18.2 Å². The van der Waals surface area contributed by atoms with E-state index in [4.69, 9.17) is 4.74 Å². The van der Waals surface area contributed by atoms with Crippen LogP contribution in [-0.2, 0) is 0 Å². The van der Waals surface area contributed by atoms with Gasteiger partial charge in [0.2, 0.25) is 0 Å². The average Bonchev–Trinajstić information content (AvgIpc) is 2.41. The van der Waals surface area contributed by atoms with E-state index in [-0.39, 0.29) is 11.2 Å². The van der Waals surface area contributed by atoms with Crippen molar-refractivity contribution in [2.75, 3.05) is 11.9 Å². The normalized spacial score (nSPS) is 12.3. The molecular formula is C14H18BrF3O2. The maximum Gasteiger partial charge on any atom is 0.573 e. The SMILES string of the molecule is CCC(CC)(CBr)COc1ccc(OC(F)(F)F)cc1. The van der Waals surface area contributed by atoms with E-state index >= 15 is 0 Å². The van der Waals surface area contributed by atoms with Gasteiger partial charge in [-0.25, -0.2) is 0 Å². The minimum atomic E-state index is -4.67. The first-order chi connectivity index (χ1) is 9.34. The van der Waals surface area contributed by atoms with Gasteiger partial charge in [0.25, 0.3) is 0 Å². The highest BCUT2D eigenvalue weighted by Crippen LogP contribution is 2.30. The predicted octanol–water partition coefficient (Wildman–Crippen LogP) is 5.17. The van der Waals surface area contributed by atoms with Gasteiger partial charge in [0, 0.05) is 10.7 Å². The molecule has 0 amide bonds. The van der Waals surface area contributed by atoms with Gasteiger partial charge < -0.3 is 9.47 Å². The van der Waals surface area contributed by atoms with Crippen LogP contribution in [0, 0.1) is 5.41 Å². The van der Waals surface area contributed by atoms with E-state index in [2.05, 4.69) is 34.5 Å². The summed E-state index contributed by atoms with van der Waals surface area (Å²) in [5.74, 6) is 0.286. The second-order valence-corrected chi connectivity index (χ2v) is 5.21.